The van der Waals surface area contributed by atoms with E-state index >= 15 is 0 Å². The quantitative estimate of drug-likeness (QED) is 0.414. The second-order valence-corrected chi connectivity index (χ2v) is 8.77. The second kappa shape index (κ2) is 10.8. The van der Waals surface area contributed by atoms with Crippen molar-refractivity contribution in [1.82, 2.24) is 9.47 Å². The van der Waals surface area contributed by atoms with Gasteiger partial charge in [0.2, 0.25) is 5.43 Å². The number of benzene rings is 2. The summed E-state index contributed by atoms with van der Waals surface area (Å²) in [4.78, 5) is 26.6. The molecule has 1 heterocycles. The molecule has 0 spiro atoms. The Kier molecular flexibility index (Phi) is 8.10. The molecule has 0 saturated carbocycles. The zero-order chi connectivity index (χ0) is 23.3. The van der Waals surface area contributed by atoms with Gasteiger partial charge in [-0.3, -0.25) is 4.79 Å². The minimum atomic E-state index is -1.20. The summed E-state index contributed by atoms with van der Waals surface area (Å²) >= 11 is 5.94. The fraction of sp³-hybridized carbons (Fsp3) is 0.385. The Hall–Kier alpha value is -2.63. The number of rotatable bonds is 10. The molecule has 0 bridgehead atoms. The topological polar surface area (TPSA) is 62.5 Å². The Bertz CT molecular complexity index is 1150. The van der Waals surface area contributed by atoms with Gasteiger partial charge in [0, 0.05) is 36.6 Å². The van der Waals surface area contributed by atoms with Crippen molar-refractivity contribution in [3.8, 4) is 11.1 Å². The molecule has 0 aliphatic rings. The number of halogens is 1. The first-order chi connectivity index (χ1) is 15.3. The lowest BCUT2D eigenvalue weighted by atomic mass is 9.99. The number of hydrogen-bond acceptors (Lipinski definition) is 3. The molecule has 0 amide bonds. The van der Waals surface area contributed by atoms with E-state index < -0.39 is 11.4 Å². The number of aromatic nitrogens is 1. The van der Waals surface area contributed by atoms with Crippen molar-refractivity contribution in [2.24, 2.45) is 0 Å². The van der Waals surface area contributed by atoms with Crippen LogP contribution < -0.4 is 5.43 Å². The van der Waals surface area contributed by atoms with Gasteiger partial charge < -0.3 is 14.6 Å². The van der Waals surface area contributed by atoms with Crippen LogP contribution in [-0.4, -0.2) is 46.1 Å². The summed E-state index contributed by atoms with van der Waals surface area (Å²) in [7, 11) is 0. The van der Waals surface area contributed by atoms with Crippen LogP contribution in [0.5, 0.6) is 0 Å². The Morgan fingerprint density at radius 3 is 2.50 bits per heavy atom. The zero-order valence-electron chi connectivity index (χ0n) is 19.0. The highest BCUT2D eigenvalue weighted by Gasteiger charge is 2.16. The summed E-state index contributed by atoms with van der Waals surface area (Å²) in [6.07, 6.45) is 3.50. The summed E-state index contributed by atoms with van der Waals surface area (Å²) in [5.41, 5.74) is 3.43. The van der Waals surface area contributed by atoms with Gasteiger partial charge in [-0.05, 0) is 62.1 Å². The van der Waals surface area contributed by atoms with E-state index in [1.165, 1.54) is 11.8 Å². The van der Waals surface area contributed by atoms with Crippen molar-refractivity contribution in [2.75, 3.05) is 25.5 Å². The zero-order valence-corrected chi connectivity index (χ0v) is 19.7. The van der Waals surface area contributed by atoms with Crippen LogP contribution in [0.1, 0.15) is 49.2 Å². The molecule has 5 nitrogen and oxygen atoms in total. The van der Waals surface area contributed by atoms with E-state index in [4.69, 9.17) is 11.6 Å². The maximum Gasteiger partial charge on any atom is 0.341 e. The molecule has 2 aromatic carbocycles. The number of nitrogens with zero attached hydrogens (tertiary/aromatic N) is 2. The minimum absolute atomic E-state index is 0.0178. The SMILES string of the molecule is CCCN(CCCl)CCc1cccc(-c2ccc3c(=O)c(C(=O)O)cn(C(C)C)c3c2)c1. The molecular weight excluding hydrogens is 424 g/mol. The van der Waals surface area contributed by atoms with Gasteiger partial charge in [-0.25, -0.2) is 4.79 Å². The maximum atomic E-state index is 12.7. The van der Waals surface area contributed by atoms with Crippen LogP contribution in [0.3, 0.4) is 0 Å². The van der Waals surface area contributed by atoms with Crippen molar-refractivity contribution in [2.45, 2.75) is 39.7 Å². The van der Waals surface area contributed by atoms with Crippen LogP contribution in [0.4, 0.5) is 0 Å². The first-order valence-corrected chi connectivity index (χ1v) is 11.7. The third-order valence-electron chi connectivity index (χ3n) is 5.74. The average molecular weight is 455 g/mol. The molecule has 0 atom stereocenters. The van der Waals surface area contributed by atoms with Gasteiger partial charge in [0.25, 0.3) is 0 Å². The maximum absolute atomic E-state index is 12.7. The first-order valence-electron chi connectivity index (χ1n) is 11.2. The fourth-order valence-corrected chi connectivity index (χ4v) is 4.31. The number of fused-ring (bicyclic) bond motifs is 1. The standard InChI is InChI=1S/C26H31ClN2O3/c1-4-12-28(14-11-27)13-10-19-6-5-7-20(15-19)21-8-9-22-24(16-21)29(18(2)3)17-23(25(22)30)26(31)32/h5-9,15-18H,4,10-14H2,1-3H3,(H,31,32). The normalized spacial score (nSPS) is 11.6. The van der Waals surface area contributed by atoms with Gasteiger partial charge >= 0.3 is 5.97 Å². The predicted molar refractivity (Wildman–Crippen MR) is 132 cm³/mol. The van der Waals surface area contributed by atoms with Crippen molar-refractivity contribution in [1.29, 1.82) is 0 Å². The van der Waals surface area contributed by atoms with Crippen LogP contribution in [0.25, 0.3) is 22.0 Å². The van der Waals surface area contributed by atoms with E-state index in [0.29, 0.717) is 11.3 Å². The highest BCUT2D eigenvalue weighted by Crippen LogP contribution is 2.26. The number of alkyl halides is 1. The number of carboxylic acid groups (broad SMARTS) is 1. The molecule has 0 saturated heterocycles. The third-order valence-corrected chi connectivity index (χ3v) is 5.91. The smallest absolute Gasteiger partial charge is 0.341 e. The van der Waals surface area contributed by atoms with Crippen LogP contribution in [0, 0.1) is 0 Å². The van der Waals surface area contributed by atoms with Crippen LogP contribution in [0.15, 0.2) is 53.5 Å². The third kappa shape index (κ3) is 5.40. The summed E-state index contributed by atoms with van der Waals surface area (Å²) in [6, 6.07) is 14.1. The van der Waals surface area contributed by atoms with E-state index in [0.717, 1.165) is 49.1 Å². The molecule has 0 fully saturated rings. The van der Waals surface area contributed by atoms with E-state index in [1.807, 2.05) is 30.5 Å². The van der Waals surface area contributed by atoms with Crippen LogP contribution >= 0.6 is 11.6 Å². The summed E-state index contributed by atoms with van der Waals surface area (Å²) in [5.74, 6) is -0.562. The lowest BCUT2D eigenvalue weighted by Gasteiger charge is -2.20. The Labute approximate surface area is 194 Å². The Morgan fingerprint density at radius 2 is 1.84 bits per heavy atom. The molecule has 1 aromatic heterocycles. The molecule has 1 N–H and O–H groups in total. The van der Waals surface area contributed by atoms with Crippen molar-refractivity contribution >= 4 is 28.5 Å². The summed E-state index contributed by atoms with van der Waals surface area (Å²) in [6.45, 7) is 9.04. The van der Waals surface area contributed by atoms with E-state index in [2.05, 4.69) is 36.1 Å². The van der Waals surface area contributed by atoms with Crippen molar-refractivity contribution in [3.63, 3.8) is 0 Å². The van der Waals surface area contributed by atoms with Gasteiger partial charge in [-0.15, -0.1) is 11.6 Å². The van der Waals surface area contributed by atoms with E-state index in [-0.39, 0.29) is 11.6 Å². The van der Waals surface area contributed by atoms with Gasteiger partial charge in [-0.1, -0.05) is 37.3 Å². The number of hydrogen-bond donors (Lipinski definition) is 1. The Morgan fingerprint density at radius 1 is 1.09 bits per heavy atom. The molecule has 0 radical (unpaired) electrons. The average Bonchev–Trinajstić information content (AvgIpc) is 2.77. The van der Waals surface area contributed by atoms with Gasteiger partial charge in [0.15, 0.2) is 0 Å². The van der Waals surface area contributed by atoms with Crippen LogP contribution in [-0.2, 0) is 6.42 Å². The number of carboxylic acids is 1. The fourth-order valence-electron chi connectivity index (χ4n) is 4.07. The number of carbonyl (C=O) groups is 1. The monoisotopic (exact) mass is 454 g/mol. The molecule has 3 aromatic rings. The predicted octanol–water partition coefficient (Wildman–Crippen LogP) is 5.44. The van der Waals surface area contributed by atoms with Crippen molar-refractivity contribution in [3.05, 3.63) is 70.0 Å². The number of pyridine rings is 1. The molecule has 6 heteroatoms. The first kappa shape index (κ1) is 24.0. The van der Waals surface area contributed by atoms with Gasteiger partial charge in [0.05, 0.1) is 5.52 Å². The molecule has 3 rings (SSSR count). The van der Waals surface area contributed by atoms with Crippen LogP contribution in [0.2, 0.25) is 0 Å². The molecular formula is C26H31ClN2O3. The molecule has 32 heavy (non-hydrogen) atoms. The number of aromatic carboxylic acids is 1. The molecule has 170 valence electrons. The largest absolute Gasteiger partial charge is 0.477 e. The van der Waals surface area contributed by atoms with E-state index in [1.54, 1.807) is 6.07 Å². The summed E-state index contributed by atoms with van der Waals surface area (Å²) in [5, 5.41) is 9.85. The molecule has 0 aliphatic carbocycles. The van der Waals surface area contributed by atoms with Crippen molar-refractivity contribution < 1.29 is 9.90 Å². The summed E-state index contributed by atoms with van der Waals surface area (Å²) < 4.78 is 1.86. The highest BCUT2D eigenvalue weighted by molar-refractivity contribution is 6.18. The Balaban J connectivity index is 1.97. The van der Waals surface area contributed by atoms with E-state index in [9.17, 15) is 14.7 Å². The lowest BCUT2D eigenvalue weighted by Crippen LogP contribution is -2.28. The van der Waals surface area contributed by atoms with Gasteiger partial charge in [-0.2, -0.15) is 0 Å². The minimum Gasteiger partial charge on any atom is -0.477 e. The van der Waals surface area contributed by atoms with Gasteiger partial charge in [0.1, 0.15) is 5.56 Å². The highest BCUT2D eigenvalue weighted by atomic mass is 35.5. The molecule has 0 unspecified atom stereocenters. The lowest BCUT2D eigenvalue weighted by molar-refractivity contribution is 0.0694. The molecule has 0 aliphatic heterocycles. The second-order valence-electron chi connectivity index (χ2n) is 8.39.